The highest BCUT2D eigenvalue weighted by molar-refractivity contribution is 9.10. The second-order valence-corrected chi connectivity index (χ2v) is 5.67. The van der Waals surface area contributed by atoms with Gasteiger partial charge in [-0.1, -0.05) is 6.07 Å². The number of halogens is 2. The summed E-state index contributed by atoms with van der Waals surface area (Å²) in [6, 6.07) is 5.02. The lowest BCUT2D eigenvalue weighted by Gasteiger charge is -2.09. The lowest BCUT2D eigenvalue weighted by molar-refractivity contribution is 0.178. The molecule has 19 heavy (non-hydrogen) atoms. The van der Waals surface area contributed by atoms with E-state index in [0.29, 0.717) is 10.9 Å². The molecule has 1 aromatic heterocycles. The number of hydrogen-bond acceptors (Lipinski definition) is 2. The van der Waals surface area contributed by atoms with Gasteiger partial charge in [0.05, 0.1) is 16.8 Å². The summed E-state index contributed by atoms with van der Waals surface area (Å²) in [6.45, 7) is 4.06. The van der Waals surface area contributed by atoms with Crippen LogP contribution in [0.5, 0.6) is 0 Å². The molecule has 1 N–H and O–H groups in total. The van der Waals surface area contributed by atoms with E-state index in [1.165, 1.54) is 6.07 Å². The molecule has 102 valence electrons. The molecule has 1 aromatic carbocycles. The third-order valence-electron chi connectivity index (χ3n) is 2.95. The van der Waals surface area contributed by atoms with Crippen molar-refractivity contribution in [3.63, 3.8) is 0 Å². The Morgan fingerprint density at radius 2 is 2.16 bits per heavy atom. The Hall–Kier alpha value is -1.20. The fraction of sp³-hybridized carbons (Fsp3) is 0.357. The molecule has 2 aromatic rings. The van der Waals surface area contributed by atoms with E-state index < -0.39 is 6.10 Å². The van der Waals surface area contributed by atoms with E-state index in [1.807, 2.05) is 20.0 Å². The zero-order valence-corrected chi connectivity index (χ0v) is 12.4. The number of hydrogen-bond donors (Lipinski definition) is 1. The van der Waals surface area contributed by atoms with Crippen molar-refractivity contribution in [2.75, 3.05) is 0 Å². The standard InChI is InChI=1S/C14H16BrFN2O/c1-9(2)18-8-11(7-17-18)14(19)6-10-3-4-13(16)12(15)5-10/h3-5,7-9,14,19H,6H2,1-2H3. The van der Waals surface area contributed by atoms with E-state index in [2.05, 4.69) is 21.0 Å². The maximum Gasteiger partial charge on any atom is 0.137 e. The van der Waals surface area contributed by atoms with E-state index in [-0.39, 0.29) is 11.9 Å². The summed E-state index contributed by atoms with van der Waals surface area (Å²) in [4.78, 5) is 0. The van der Waals surface area contributed by atoms with Gasteiger partial charge in [0.25, 0.3) is 0 Å². The molecule has 5 heteroatoms. The average molecular weight is 327 g/mol. The summed E-state index contributed by atoms with van der Waals surface area (Å²) < 4.78 is 15.3. The molecule has 0 fully saturated rings. The van der Waals surface area contributed by atoms with Gasteiger partial charge in [-0.2, -0.15) is 5.10 Å². The van der Waals surface area contributed by atoms with E-state index in [1.54, 1.807) is 23.0 Å². The highest BCUT2D eigenvalue weighted by Crippen LogP contribution is 2.22. The van der Waals surface area contributed by atoms with Crippen LogP contribution >= 0.6 is 15.9 Å². The molecule has 0 amide bonds. The van der Waals surface area contributed by atoms with Gasteiger partial charge in [0.1, 0.15) is 5.82 Å². The van der Waals surface area contributed by atoms with Gasteiger partial charge in [-0.25, -0.2) is 4.39 Å². The van der Waals surface area contributed by atoms with Crippen molar-refractivity contribution in [3.05, 3.63) is 52.0 Å². The average Bonchev–Trinajstić information content (AvgIpc) is 2.83. The second kappa shape index (κ2) is 5.84. The van der Waals surface area contributed by atoms with Crippen molar-refractivity contribution in [3.8, 4) is 0 Å². The zero-order valence-electron chi connectivity index (χ0n) is 10.8. The van der Waals surface area contributed by atoms with Gasteiger partial charge in [-0.05, 0) is 47.5 Å². The van der Waals surface area contributed by atoms with Crippen molar-refractivity contribution < 1.29 is 9.50 Å². The molecular weight excluding hydrogens is 311 g/mol. The van der Waals surface area contributed by atoms with E-state index >= 15 is 0 Å². The Bertz CT molecular complexity index is 568. The number of nitrogens with zero attached hydrogens (tertiary/aromatic N) is 2. The molecule has 0 aliphatic rings. The van der Waals surface area contributed by atoms with Gasteiger partial charge in [-0.15, -0.1) is 0 Å². The van der Waals surface area contributed by atoms with Crippen molar-refractivity contribution >= 4 is 15.9 Å². The molecule has 0 spiro atoms. The Labute approximate surface area is 120 Å². The van der Waals surface area contributed by atoms with Gasteiger partial charge in [0.2, 0.25) is 0 Å². The van der Waals surface area contributed by atoms with Gasteiger partial charge in [0, 0.05) is 24.2 Å². The third-order valence-corrected chi connectivity index (χ3v) is 3.56. The number of aliphatic hydroxyl groups excluding tert-OH is 1. The Kier molecular flexibility index (Phi) is 4.37. The van der Waals surface area contributed by atoms with Crippen molar-refractivity contribution in [2.45, 2.75) is 32.4 Å². The van der Waals surface area contributed by atoms with Crippen LogP contribution in [0.1, 0.15) is 37.1 Å². The van der Waals surface area contributed by atoms with Gasteiger partial charge >= 0.3 is 0 Å². The van der Waals surface area contributed by atoms with Crippen LogP contribution in [-0.2, 0) is 6.42 Å². The Morgan fingerprint density at radius 3 is 2.74 bits per heavy atom. The molecule has 3 nitrogen and oxygen atoms in total. The SMILES string of the molecule is CC(C)n1cc(C(O)Cc2ccc(F)c(Br)c2)cn1. The van der Waals surface area contributed by atoms with Crippen LogP contribution in [0.2, 0.25) is 0 Å². The lowest BCUT2D eigenvalue weighted by atomic mass is 10.0. The number of benzene rings is 1. The molecule has 0 aliphatic heterocycles. The molecule has 0 saturated heterocycles. The Balaban J connectivity index is 2.11. The molecule has 0 bridgehead atoms. The second-order valence-electron chi connectivity index (χ2n) is 4.82. The first-order chi connectivity index (χ1) is 8.97. The lowest BCUT2D eigenvalue weighted by Crippen LogP contribution is -2.02. The monoisotopic (exact) mass is 326 g/mol. The molecule has 0 aliphatic carbocycles. The van der Waals surface area contributed by atoms with Gasteiger partial charge in [-0.3, -0.25) is 4.68 Å². The summed E-state index contributed by atoms with van der Waals surface area (Å²) in [6.07, 6.45) is 3.31. The first-order valence-corrected chi connectivity index (χ1v) is 6.92. The minimum absolute atomic E-state index is 0.265. The zero-order chi connectivity index (χ0) is 14.0. The summed E-state index contributed by atoms with van der Waals surface area (Å²) >= 11 is 3.14. The number of rotatable bonds is 4. The smallest absolute Gasteiger partial charge is 0.137 e. The fourth-order valence-electron chi connectivity index (χ4n) is 1.81. The first kappa shape index (κ1) is 14.2. The van der Waals surface area contributed by atoms with E-state index in [4.69, 9.17) is 0 Å². The van der Waals surface area contributed by atoms with Crippen molar-refractivity contribution in [2.24, 2.45) is 0 Å². The van der Waals surface area contributed by atoms with Gasteiger partial charge in [0.15, 0.2) is 0 Å². The molecule has 1 unspecified atom stereocenters. The quantitative estimate of drug-likeness (QED) is 0.931. The third kappa shape index (κ3) is 3.42. The summed E-state index contributed by atoms with van der Waals surface area (Å²) in [7, 11) is 0. The molecular formula is C14H16BrFN2O. The van der Waals surface area contributed by atoms with Crippen LogP contribution in [0.15, 0.2) is 35.1 Å². The predicted molar refractivity (Wildman–Crippen MR) is 75.4 cm³/mol. The van der Waals surface area contributed by atoms with Crippen LogP contribution in [0.25, 0.3) is 0 Å². The number of aliphatic hydroxyl groups is 1. The van der Waals surface area contributed by atoms with Crippen LogP contribution in [-0.4, -0.2) is 14.9 Å². The highest BCUT2D eigenvalue weighted by atomic mass is 79.9. The largest absolute Gasteiger partial charge is 0.388 e. The molecule has 1 atom stereocenters. The van der Waals surface area contributed by atoms with Gasteiger partial charge < -0.3 is 5.11 Å². The summed E-state index contributed by atoms with van der Waals surface area (Å²) in [5, 5.41) is 14.4. The van der Waals surface area contributed by atoms with Crippen LogP contribution in [0.4, 0.5) is 4.39 Å². The molecule has 2 rings (SSSR count). The topological polar surface area (TPSA) is 38.0 Å². The minimum atomic E-state index is -0.634. The predicted octanol–water partition coefficient (Wildman–Crippen LogP) is 3.64. The maximum absolute atomic E-state index is 13.1. The summed E-state index contributed by atoms with van der Waals surface area (Å²) in [5.41, 5.74) is 1.65. The highest BCUT2D eigenvalue weighted by Gasteiger charge is 2.13. The molecule has 0 saturated carbocycles. The van der Waals surface area contributed by atoms with Crippen LogP contribution < -0.4 is 0 Å². The minimum Gasteiger partial charge on any atom is -0.388 e. The van der Waals surface area contributed by atoms with E-state index in [9.17, 15) is 9.50 Å². The van der Waals surface area contributed by atoms with Crippen molar-refractivity contribution in [1.82, 2.24) is 9.78 Å². The van der Waals surface area contributed by atoms with Crippen LogP contribution in [0, 0.1) is 5.82 Å². The number of aromatic nitrogens is 2. The first-order valence-electron chi connectivity index (χ1n) is 6.13. The van der Waals surface area contributed by atoms with Crippen molar-refractivity contribution in [1.29, 1.82) is 0 Å². The van der Waals surface area contributed by atoms with Crippen LogP contribution in [0.3, 0.4) is 0 Å². The fourth-order valence-corrected chi connectivity index (χ4v) is 2.24. The normalized spacial score (nSPS) is 12.9. The summed E-state index contributed by atoms with van der Waals surface area (Å²) in [5.74, 6) is -0.300. The Morgan fingerprint density at radius 1 is 1.42 bits per heavy atom. The molecule has 0 radical (unpaired) electrons. The molecule has 1 heterocycles. The maximum atomic E-state index is 13.1. The van der Waals surface area contributed by atoms with E-state index in [0.717, 1.165) is 11.1 Å².